The van der Waals surface area contributed by atoms with Crippen molar-refractivity contribution in [2.24, 2.45) is 11.7 Å². The first-order valence-corrected chi connectivity index (χ1v) is 7.26. The summed E-state index contributed by atoms with van der Waals surface area (Å²) in [7, 11) is 0. The van der Waals surface area contributed by atoms with Gasteiger partial charge in [0, 0.05) is 12.7 Å². The molecule has 1 fully saturated rings. The molecule has 2 aromatic heterocycles. The van der Waals surface area contributed by atoms with Crippen LogP contribution in [0.4, 0.5) is 0 Å². The maximum absolute atomic E-state index is 11.0. The molecule has 21 heavy (non-hydrogen) atoms. The fourth-order valence-electron chi connectivity index (χ4n) is 2.99. The molecule has 1 aliphatic heterocycles. The van der Waals surface area contributed by atoms with Crippen molar-refractivity contribution in [2.45, 2.75) is 25.5 Å². The fraction of sp³-hybridized carbons (Fsp3) is 0.467. The molecule has 3 rings (SSSR count). The van der Waals surface area contributed by atoms with Crippen molar-refractivity contribution in [3.05, 3.63) is 36.3 Å². The Kier molecular flexibility index (Phi) is 3.90. The van der Waals surface area contributed by atoms with Gasteiger partial charge in [0.05, 0.1) is 11.9 Å². The molecule has 1 saturated heterocycles. The van der Waals surface area contributed by atoms with E-state index >= 15 is 0 Å². The number of hydrogen-bond acceptors (Lipinski definition) is 4. The largest absolute Gasteiger partial charge is 0.383 e. The molecule has 0 radical (unpaired) electrons. The van der Waals surface area contributed by atoms with Crippen molar-refractivity contribution in [3.63, 3.8) is 0 Å². The molecule has 1 amide bonds. The predicted octanol–water partition coefficient (Wildman–Crippen LogP) is 0.392. The molecule has 0 bridgehead atoms. The molecule has 3 heterocycles. The van der Waals surface area contributed by atoms with Crippen LogP contribution in [0, 0.1) is 5.92 Å². The van der Waals surface area contributed by atoms with Crippen molar-refractivity contribution in [1.82, 2.24) is 14.3 Å². The van der Waals surface area contributed by atoms with Gasteiger partial charge in [0.2, 0.25) is 5.91 Å². The van der Waals surface area contributed by atoms with Crippen molar-refractivity contribution in [1.29, 1.82) is 0 Å². The highest BCUT2D eigenvalue weighted by Gasteiger charge is 2.28. The molecule has 1 atom stereocenters. The zero-order valence-corrected chi connectivity index (χ0v) is 11.9. The third-order valence-electron chi connectivity index (χ3n) is 4.25. The molecule has 2 aromatic rings. The highest BCUT2D eigenvalue weighted by atomic mass is 16.3. The lowest BCUT2D eigenvalue weighted by Crippen LogP contribution is -2.42. The van der Waals surface area contributed by atoms with Crippen molar-refractivity contribution < 1.29 is 9.90 Å². The Morgan fingerprint density at radius 3 is 2.90 bits per heavy atom. The van der Waals surface area contributed by atoms with Gasteiger partial charge in [0.1, 0.15) is 11.8 Å². The van der Waals surface area contributed by atoms with Gasteiger partial charge in [-0.25, -0.2) is 4.98 Å². The lowest BCUT2D eigenvalue weighted by atomic mass is 9.91. The van der Waals surface area contributed by atoms with Crippen LogP contribution >= 0.6 is 0 Å². The van der Waals surface area contributed by atoms with E-state index in [4.69, 9.17) is 5.73 Å². The normalized spacial score (nSPS) is 18.9. The third kappa shape index (κ3) is 2.91. The molecule has 6 heteroatoms. The molecule has 3 N–H and O–H groups in total. The van der Waals surface area contributed by atoms with Gasteiger partial charge in [-0.15, -0.1) is 0 Å². The second-order valence-corrected chi connectivity index (χ2v) is 5.64. The molecule has 0 unspecified atom stereocenters. The van der Waals surface area contributed by atoms with E-state index in [0.717, 1.165) is 43.8 Å². The zero-order valence-electron chi connectivity index (χ0n) is 11.9. The van der Waals surface area contributed by atoms with Crippen LogP contribution in [0.2, 0.25) is 0 Å². The number of carbonyl (C=O) groups excluding carboxylic acids is 1. The van der Waals surface area contributed by atoms with Crippen molar-refractivity contribution in [2.75, 3.05) is 13.1 Å². The van der Waals surface area contributed by atoms with E-state index in [-0.39, 0.29) is 5.92 Å². The van der Waals surface area contributed by atoms with Gasteiger partial charge in [-0.3, -0.25) is 9.69 Å². The van der Waals surface area contributed by atoms with Gasteiger partial charge >= 0.3 is 0 Å². The molecular formula is C15H20N4O2. The lowest BCUT2D eigenvalue weighted by molar-refractivity contribution is -0.129. The fourth-order valence-corrected chi connectivity index (χ4v) is 2.99. The van der Waals surface area contributed by atoms with Crippen LogP contribution in [-0.2, 0) is 11.3 Å². The molecule has 0 spiro atoms. The van der Waals surface area contributed by atoms with Gasteiger partial charge in [0.25, 0.3) is 0 Å². The first-order valence-electron chi connectivity index (χ1n) is 7.26. The van der Waals surface area contributed by atoms with Crippen molar-refractivity contribution >= 4 is 11.6 Å². The number of aromatic nitrogens is 2. The van der Waals surface area contributed by atoms with Gasteiger partial charge < -0.3 is 15.2 Å². The van der Waals surface area contributed by atoms with Crippen molar-refractivity contribution in [3.8, 4) is 0 Å². The number of carbonyl (C=O) groups is 1. The lowest BCUT2D eigenvalue weighted by Gasteiger charge is -2.33. The van der Waals surface area contributed by atoms with Crippen LogP contribution < -0.4 is 5.73 Å². The summed E-state index contributed by atoms with van der Waals surface area (Å²) in [5, 5.41) is 9.73. The predicted molar refractivity (Wildman–Crippen MR) is 78.4 cm³/mol. The van der Waals surface area contributed by atoms with E-state index in [1.165, 1.54) is 0 Å². The molecular weight excluding hydrogens is 268 g/mol. The minimum absolute atomic E-state index is 0.0130. The SMILES string of the molecule is NC(=O)[C@@H](O)C1CCN(Cc2cnc3ccccn23)CC1. The summed E-state index contributed by atoms with van der Waals surface area (Å²) < 4.78 is 2.09. The highest BCUT2D eigenvalue weighted by Crippen LogP contribution is 2.22. The number of imidazole rings is 1. The molecule has 0 aliphatic carbocycles. The maximum Gasteiger partial charge on any atom is 0.246 e. The van der Waals surface area contributed by atoms with Gasteiger partial charge in [-0.1, -0.05) is 6.07 Å². The quantitative estimate of drug-likeness (QED) is 0.852. The zero-order chi connectivity index (χ0) is 14.8. The number of piperidine rings is 1. The molecule has 1 aliphatic rings. The average molecular weight is 288 g/mol. The number of aliphatic hydroxyl groups is 1. The summed E-state index contributed by atoms with van der Waals surface area (Å²) in [6.07, 6.45) is 4.49. The van der Waals surface area contributed by atoms with Crippen LogP contribution in [0.5, 0.6) is 0 Å². The van der Waals surface area contributed by atoms with Gasteiger partial charge in [-0.05, 0) is 44.0 Å². The van der Waals surface area contributed by atoms with Crippen LogP contribution in [0.15, 0.2) is 30.6 Å². The Labute approximate surface area is 123 Å². The molecule has 0 aromatic carbocycles. The number of primary amides is 1. The summed E-state index contributed by atoms with van der Waals surface area (Å²) in [6, 6.07) is 5.95. The van der Waals surface area contributed by atoms with Gasteiger partial charge in [0.15, 0.2) is 0 Å². The Morgan fingerprint density at radius 2 is 2.19 bits per heavy atom. The van der Waals surface area contributed by atoms with E-state index in [1.54, 1.807) is 0 Å². The van der Waals surface area contributed by atoms with E-state index in [1.807, 2.05) is 30.6 Å². The first kappa shape index (κ1) is 14.0. The number of rotatable bonds is 4. The monoisotopic (exact) mass is 288 g/mol. The van der Waals surface area contributed by atoms with Gasteiger partial charge in [-0.2, -0.15) is 0 Å². The van der Waals surface area contributed by atoms with Crippen LogP contribution in [0.25, 0.3) is 5.65 Å². The summed E-state index contributed by atoms with van der Waals surface area (Å²) in [5.74, 6) is -0.629. The number of amides is 1. The standard InChI is InChI=1S/C15H20N4O2/c16-15(21)14(20)11-4-7-18(8-5-11)10-12-9-17-13-3-1-2-6-19(12)13/h1-3,6,9,11,14,20H,4-5,7-8,10H2,(H2,16,21)/t14-/m0/s1. The number of nitrogens with two attached hydrogens (primary N) is 1. The average Bonchev–Trinajstić information content (AvgIpc) is 2.91. The highest BCUT2D eigenvalue weighted by molar-refractivity contribution is 5.78. The number of fused-ring (bicyclic) bond motifs is 1. The summed E-state index contributed by atoms with van der Waals surface area (Å²) in [4.78, 5) is 17.7. The number of pyridine rings is 1. The molecule has 0 saturated carbocycles. The summed E-state index contributed by atoms with van der Waals surface area (Å²) in [5.41, 5.74) is 7.26. The Bertz CT molecular complexity index is 631. The topological polar surface area (TPSA) is 83.9 Å². The number of hydrogen-bond donors (Lipinski definition) is 2. The van der Waals surface area contributed by atoms with E-state index in [9.17, 15) is 9.90 Å². The Hall–Kier alpha value is -1.92. The van der Waals surface area contributed by atoms with Crippen LogP contribution in [-0.4, -0.2) is 44.5 Å². The van der Waals surface area contributed by atoms with Crippen LogP contribution in [0.3, 0.4) is 0 Å². The minimum Gasteiger partial charge on any atom is -0.383 e. The summed E-state index contributed by atoms with van der Waals surface area (Å²) in [6.45, 7) is 2.54. The number of aliphatic hydroxyl groups excluding tert-OH is 1. The molecule has 112 valence electrons. The second kappa shape index (κ2) is 5.83. The van der Waals surface area contributed by atoms with E-state index in [2.05, 4.69) is 14.3 Å². The third-order valence-corrected chi connectivity index (χ3v) is 4.25. The second-order valence-electron chi connectivity index (χ2n) is 5.64. The minimum atomic E-state index is -1.01. The van der Waals surface area contributed by atoms with E-state index in [0.29, 0.717) is 0 Å². The van der Waals surface area contributed by atoms with Crippen LogP contribution in [0.1, 0.15) is 18.5 Å². The maximum atomic E-state index is 11.0. The molecule has 6 nitrogen and oxygen atoms in total. The Balaban J connectivity index is 1.62. The first-order chi connectivity index (χ1) is 10.1. The summed E-state index contributed by atoms with van der Waals surface area (Å²) >= 11 is 0. The number of likely N-dealkylation sites (tertiary alicyclic amines) is 1. The smallest absolute Gasteiger partial charge is 0.246 e. The van der Waals surface area contributed by atoms with E-state index < -0.39 is 12.0 Å². The Morgan fingerprint density at radius 1 is 1.43 bits per heavy atom. The number of nitrogens with zero attached hydrogens (tertiary/aromatic N) is 3.